The first-order valence-electron chi connectivity index (χ1n) is 21.1. The SMILES string of the molecule is c1ccc(-c2cc(-c3ccccc3)nc(-n3c4ccccc4c4cc(-c5ccc6c7ccccc7n(-c7ncc(-n8c9ccccc9c9ncccc98)cn7)c6c5)ccc43)c2)cc1. The molecule has 0 bridgehead atoms. The molecular formula is C56H35N7. The van der Waals surface area contributed by atoms with E-state index in [0.29, 0.717) is 5.95 Å². The van der Waals surface area contributed by atoms with Crippen molar-refractivity contribution in [2.75, 3.05) is 0 Å². The average molecular weight is 806 g/mol. The lowest BCUT2D eigenvalue weighted by Crippen LogP contribution is -2.03. The normalized spacial score (nSPS) is 11.8. The number of para-hydroxylation sites is 3. The van der Waals surface area contributed by atoms with Gasteiger partial charge in [0.1, 0.15) is 5.82 Å². The molecule has 0 saturated carbocycles. The van der Waals surface area contributed by atoms with Gasteiger partial charge in [-0.1, -0.05) is 133 Å². The molecule has 0 N–H and O–H groups in total. The molecule has 0 aliphatic carbocycles. The monoisotopic (exact) mass is 805 g/mol. The Morgan fingerprint density at radius 3 is 1.65 bits per heavy atom. The number of hydrogen-bond acceptors (Lipinski definition) is 4. The fourth-order valence-corrected chi connectivity index (χ4v) is 9.56. The van der Waals surface area contributed by atoms with Crippen molar-refractivity contribution in [2.24, 2.45) is 0 Å². The van der Waals surface area contributed by atoms with E-state index in [1.54, 1.807) is 0 Å². The van der Waals surface area contributed by atoms with Crippen LogP contribution in [0, 0.1) is 0 Å². The molecule has 0 spiro atoms. The predicted molar refractivity (Wildman–Crippen MR) is 257 cm³/mol. The second-order valence-corrected chi connectivity index (χ2v) is 16.0. The molecule has 63 heavy (non-hydrogen) atoms. The fourth-order valence-electron chi connectivity index (χ4n) is 9.56. The van der Waals surface area contributed by atoms with Crippen molar-refractivity contribution in [3.63, 3.8) is 0 Å². The zero-order valence-electron chi connectivity index (χ0n) is 33.8. The van der Waals surface area contributed by atoms with Crippen LogP contribution in [-0.4, -0.2) is 33.6 Å². The van der Waals surface area contributed by atoms with Crippen molar-refractivity contribution in [3.8, 4) is 51.0 Å². The van der Waals surface area contributed by atoms with E-state index in [1.807, 2.05) is 30.7 Å². The third-order valence-corrected chi connectivity index (χ3v) is 12.4. The van der Waals surface area contributed by atoms with Gasteiger partial charge in [0.15, 0.2) is 0 Å². The van der Waals surface area contributed by atoms with Crippen LogP contribution in [-0.2, 0) is 0 Å². The minimum absolute atomic E-state index is 0.611. The zero-order valence-corrected chi connectivity index (χ0v) is 33.8. The summed E-state index contributed by atoms with van der Waals surface area (Å²) in [5.41, 5.74) is 14.7. The molecule has 0 aliphatic heterocycles. The summed E-state index contributed by atoms with van der Waals surface area (Å²) >= 11 is 0. The van der Waals surface area contributed by atoms with E-state index in [-0.39, 0.29) is 0 Å². The summed E-state index contributed by atoms with van der Waals surface area (Å²) < 4.78 is 6.69. The van der Waals surface area contributed by atoms with Gasteiger partial charge in [-0.25, -0.2) is 15.0 Å². The second-order valence-electron chi connectivity index (χ2n) is 16.0. The third-order valence-electron chi connectivity index (χ3n) is 12.4. The van der Waals surface area contributed by atoms with Gasteiger partial charge in [-0.15, -0.1) is 0 Å². The first-order chi connectivity index (χ1) is 31.2. The van der Waals surface area contributed by atoms with Crippen molar-refractivity contribution < 1.29 is 0 Å². The summed E-state index contributed by atoms with van der Waals surface area (Å²) in [5, 5.41) is 5.73. The van der Waals surface area contributed by atoms with Crippen LogP contribution in [0.4, 0.5) is 0 Å². The summed E-state index contributed by atoms with van der Waals surface area (Å²) in [6.45, 7) is 0. The molecule has 7 nitrogen and oxygen atoms in total. The van der Waals surface area contributed by atoms with Gasteiger partial charge < -0.3 is 4.57 Å². The standard InChI is InChI=1S/C56H35N7/c1-3-14-36(15-4-1)40-31-47(37-16-5-2-6-17-37)60-54(33-40)62-48-21-10-8-19-43(48)46-30-38(26-28-51(46)62)39-25-27-44-42-18-7-11-22-49(42)63(53(44)32-39)56-58-34-41(35-59-56)61-50-23-12-9-20-45(50)55-52(61)24-13-29-57-55/h1-35H. The summed E-state index contributed by atoms with van der Waals surface area (Å²) in [7, 11) is 0. The number of aromatic nitrogens is 7. The Morgan fingerprint density at radius 1 is 0.317 bits per heavy atom. The molecular weight excluding hydrogens is 771 g/mol. The van der Waals surface area contributed by atoms with Gasteiger partial charge >= 0.3 is 0 Å². The van der Waals surface area contributed by atoms with Gasteiger partial charge in [0.2, 0.25) is 5.95 Å². The van der Waals surface area contributed by atoms with Crippen LogP contribution in [0.3, 0.4) is 0 Å². The molecule has 0 fully saturated rings. The highest BCUT2D eigenvalue weighted by Crippen LogP contribution is 2.39. The van der Waals surface area contributed by atoms with Crippen LogP contribution in [0.25, 0.3) is 117 Å². The molecule has 0 saturated heterocycles. The number of hydrogen-bond donors (Lipinski definition) is 0. The Labute approximate surface area is 361 Å². The van der Waals surface area contributed by atoms with Crippen LogP contribution < -0.4 is 0 Å². The van der Waals surface area contributed by atoms with Crippen LogP contribution in [0.15, 0.2) is 213 Å². The first kappa shape index (κ1) is 35.1. The highest BCUT2D eigenvalue weighted by Gasteiger charge is 2.20. The van der Waals surface area contributed by atoms with Crippen molar-refractivity contribution in [3.05, 3.63) is 213 Å². The molecule has 0 aliphatic rings. The lowest BCUT2D eigenvalue weighted by molar-refractivity contribution is 0.967. The van der Waals surface area contributed by atoms with E-state index in [9.17, 15) is 0 Å². The molecule has 0 atom stereocenters. The lowest BCUT2D eigenvalue weighted by atomic mass is 10.0. The maximum absolute atomic E-state index is 5.34. The lowest BCUT2D eigenvalue weighted by Gasteiger charge is -2.13. The van der Waals surface area contributed by atoms with Gasteiger partial charge in [0.05, 0.1) is 62.4 Å². The van der Waals surface area contributed by atoms with Crippen LogP contribution in [0.1, 0.15) is 0 Å². The average Bonchev–Trinajstić information content (AvgIpc) is 4.00. The first-order valence-corrected chi connectivity index (χ1v) is 21.1. The highest BCUT2D eigenvalue weighted by atomic mass is 15.2. The summed E-state index contributed by atoms with van der Waals surface area (Å²) in [5.74, 6) is 1.49. The fraction of sp³-hybridized carbons (Fsp3) is 0. The van der Waals surface area contributed by atoms with Crippen LogP contribution in [0.5, 0.6) is 0 Å². The van der Waals surface area contributed by atoms with Crippen molar-refractivity contribution >= 4 is 65.5 Å². The van der Waals surface area contributed by atoms with Crippen molar-refractivity contribution in [1.29, 1.82) is 0 Å². The van der Waals surface area contributed by atoms with Gasteiger partial charge in [-0.05, 0) is 82.9 Å². The maximum atomic E-state index is 5.34. The largest absolute Gasteiger partial charge is 0.305 e. The van der Waals surface area contributed by atoms with Crippen molar-refractivity contribution in [1.82, 2.24) is 33.6 Å². The zero-order chi connectivity index (χ0) is 41.4. The van der Waals surface area contributed by atoms with Gasteiger partial charge in [-0.2, -0.15) is 0 Å². The van der Waals surface area contributed by atoms with E-state index in [2.05, 4.69) is 196 Å². The molecule has 7 aromatic carbocycles. The Morgan fingerprint density at radius 2 is 0.889 bits per heavy atom. The molecule has 0 unspecified atom stereocenters. The number of fused-ring (bicyclic) bond motifs is 9. The molecule has 294 valence electrons. The predicted octanol–water partition coefficient (Wildman–Crippen LogP) is 13.6. The quantitative estimate of drug-likeness (QED) is 0.168. The Kier molecular flexibility index (Phi) is 7.77. The molecule has 0 radical (unpaired) electrons. The summed E-state index contributed by atoms with van der Waals surface area (Å²) in [4.78, 5) is 20.2. The van der Waals surface area contributed by atoms with Gasteiger partial charge in [-0.3, -0.25) is 14.1 Å². The molecule has 13 aromatic rings. The van der Waals surface area contributed by atoms with Gasteiger partial charge in [0, 0.05) is 38.7 Å². The Bertz CT molecular complexity index is 3790. The number of nitrogens with zero attached hydrogens (tertiary/aromatic N) is 7. The number of rotatable bonds is 6. The molecule has 6 aromatic heterocycles. The Balaban J connectivity index is 0.957. The molecule has 6 heterocycles. The number of benzene rings is 7. The topological polar surface area (TPSA) is 66.3 Å². The molecule has 0 amide bonds. The summed E-state index contributed by atoms with van der Waals surface area (Å²) in [6, 6.07) is 68.5. The third kappa shape index (κ3) is 5.53. The van der Waals surface area contributed by atoms with Crippen LogP contribution >= 0.6 is 0 Å². The smallest absolute Gasteiger partial charge is 0.234 e. The van der Waals surface area contributed by atoms with E-state index in [1.165, 1.54) is 5.39 Å². The minimum Gasteiger partial charge on any atom is -0.305 e. The molecule has 13 rings (SSSR count). The Hall–Kier alpha value is -8.68. The minimum atomic E-state index is 0.611. The number of pyridine rings is 2. The summed E-state index contributed by atoms with van der Waals surface area (Å²) in [6.07, 6.45) is 5.68. The van der Waals surface area contributed by atoms with Gasteiger partial charge in [0.25, 0.3) is 0 Å². The molecule has 7 heteroatoms. The van der Waals surface area contributed by atoms with E-state index in [4.69, 9.17) is 19.9 Å². The van der Waals surface area contributed by atoms with Crippen molar-refractivity contribution in [2.45, 2.75) is 0 Å². The van der Waals surface area contributed by atoms with E-state index < -0.39 is 0 Å². The van der Waals surface area contributed by atoms with Crippen LogP contribution in [0.2, 0.25) is 0 Å². The van der Waals surface area contributed by atoms with E-state index >= 15 is 0 Å². The highest BCUT2D eigenvalue weighted by molar-refractivity contribution is 6.12. The second kappa shape index (κ2) is 13.9. The maximum Gasteiger partial charge on any atom is 0.234 e. The van der Waals surface area contributed by atoms with E-state index in [0.717, 1.165) is 105 Å².